The number of nitrogens with one attached hydrogen (secondary N) is 1. The molecule has 0 aliphatic carbocycles. The second-order valence-corrected chi connectivity index (χ2v) is 5.90. The molecule has 0 bridgehead atoms. The van der Waals surface area contributed by atoms with Gasteiger partial charge in [-0.3, -0.25) is 4.98 Å². The first-order chi connectivity index (χ1) is 9.13. The fourth-order valence-corrected chi connectivity index (χ4v) is 3.10. The maximum Gasteiger partial charge on any atom is 0.106 e. The van der Waals surface area contributed by atoms with Crippen LogP contribution >= 0.6 is 11.3 Å². The van der Waals surface area contributed by atoms with Crippen LogP contribution in [0.5, 0.6) is 0 Å². The first-order valence-electron chi connectivity index (χ1n) is 6.80. The first-order valence-corrected chi connectivity index (χ1v) is 7.68. The summed E-state index contributed by atoms with van der Waals surface area (Å²) in [5, 5.41) is 3.64. The molecule has 0 radical (unpaired) electrons. The Labute approximate surface area is 119 Å². The fourth-order valence-electron chi connectivity index (χ4n) is 2.46. The van der Waals surface area contributed by atoms with Crippen LogP contribution in [0.2, 0.25) is 0 Å². The van der Waals surface area contributed by atoms with Crippen LogP contribution in [0, 0.1) is 20.8 Å². The predicted molar refractivity (Wildman–Crippen MR) is 79.8 cm³/mol. The normalized spacial score (nSPS) is 12.8. The molecule has 0 aliphatic rings. The van der Waals surface area contributed by atoms with E-state index >= 15 is 0 Å². The lowest BCUT2D eigenvalue weighted by atomic mass is 9.99. The van der Waals surface area contributed by atoms with Crippen molar-refractivity contribution in [1.29, 1.82) is 0 Å². The van der Waals surface area contributed by atoms with Crippen LogP contribution in [-0.4, -0.2) is 11.5 Å². The zero-order valence-electron chi connectivity index (χ0n) is 12.1. The summed E-state index contributed by atoms with van der Waals surface area (Å²) >= 11 is 1.72. The van der Waals surface area contributed by atoms with E-state index in [2.05, 4.69) is 31.1 Å². The summed E-state index contributed by atoms with van der Waals surface area (Å²) in [5.41, 5.74) is 4.49. The molecule has 0 aliphatic heterocycles. The van der Waals surface area contributed by atoms with E-state index in [1.54, 1.807) is 11.3 Å². The fraction of sp³-hybridized carbons (Fsp3) is 0.533. The zero-order valence-corrected chi connectivity index (χ0v) is 12.9. The molecule has 0 aromatic carbocycles. The Morgan fingerprint density at radius 2 is 2.11 bits per heavy atom. The zero-order chi connectivity index (χ0) is 13.8. The third-order valence-electron chi connectivity index (χ3n) is 3.50. The highest BCUT2D eigenvalue weighted by Crippen LogP contribution is 2.30. The maximum atomic E-state index is 5.77. The highest BCUT2D eigenvalue weighted by Gasteiger charge is 2.21. The van der Waals surface area contributed by atoms with Crippen molar-refractivity contribution >= 4 is 11.3 Å². The van der Waals surface area contributed by atoms with Crippen LogP contribution in [-0.2, 0) is 6.42 Å². The van der Waals surface area contributed by atoms with Crippen molar-refractivity contribution in [2.45, 2.75) is 46.6 Å². The Kier molecular flexibility index (Phi) is 4.77. The average molecular weight is 278 g/mol. The van der Waals surface area contributed by atoms with Crippen molar-refractivity contribution in [3.63, 3.8) is 0 Å². The Hall–Kier alpha value is -1.13. The molecule has 2 aromatic heterocycles. The van der Waals surface area contributed by atoms with Gasteiger partial charge in [0.2, 0.25) is 0 Å². The third kappa shape index (κ3) is 3.25. The summed E-state index contributed by atoms with van der Waals surface area (Å²) in [5.74, 6) is 2.06. The van der Waals surface area contributed by atoms with Crippen molar-refractivity contribution in [2.75, 3.05) is 6.54 Å². The van der Waals surface area contributed by atoms with Crippen LogP contribution in [0.3, 0.4) is 0 Å². The molecular formula is C15H22N2OS. The van der Waals surface area contributed by atoms with Crippen molar-refractivity contribution < 1.29 is 4.42 Å². The second-order valence-electron chi connectivity index (χ2n) is 4.93. The first kappa shape index (κ1) is 14.3. The Balaban J connectivity index is 2.25. The molecule has 4 heteroatoms. The van der Waals surface area contributed by atoms with Gasteiger partial charge in [0, 0.05) is 29.1 Å². The number of hydrogen-bond acceptors (Lipinski definition) is 4. The van der Waals surface area contributed by atoms with E-state index in [4.69, 9.17) is 4.42 Å². The molecule has 0 saturated carbocycles. The van der Waals surface area contributed by atoms with Crippen molar-refractivity contribution in [2.24, 2.45) is 0 Å². The van der Waals surface area contributed by atoms with Gasteiger partial charge < -0.3 is 9.73 Å². The van der Waals surface area contributed by atoms with Crippen LogP contribution in [0.4, 0.5) is 0 Å². The Morgan fingerprint density at radius 1 is 1.32 bits per heavy atom. The van der Waals surface area contributed by atoms with Crippen molar-refractivity contribution in [1.82, 2.24) is 10.3 Å². The van der Waals surface area contributed by atoms with Crippen LogP contribution in [0.15, 0.2) is 16.1 Å². The summed E-state index contributed by atoms with van der Waals surface area (Å²) in [4.78, 5) is 5.48. The highest BCUT2D eigenvalue weighted by molar-refractivity contribution is 7.09. The van der Waals surface area contributed by atoms with Crippen molar-refractivity contribution in [3.8, 4) is 0 Å². The molecular weight excluding hydrogens is 256 g/mol. The van der Waals surface area contributed by atoms with Gasteiger partial charge in [-0.25, -0.2) is 0 Å². The van der Waals surface area contributed by atoms with Gasteiger partial charge in [-0.1, -0.05) is 6.92 Å². The molecule has 1 atom stereocenters. The van der Waals surface area contributed by atoms with E-state index in [9.17, 15) is 0 Å². The lowest BCUT2D eigenvalue weighted by molar-refractivity contribution is 0.481. The summed E-state index contributed by atoms with van der Waals surface area (Å²) in [6, 6.07) is 0.317. The smallest absolute Gasteiger partial charge is 0.106 e. The molecule has 0 spiro atoms. The van der Waals surface area contributed by atoms with E-state index in [-0.39, 0.29) is 0 Å². The summed E-state index contributed by atoms with van der Waals surface area (Å²) in [7, 11) is 0. The van der Waals surface area contributed by atoms with Crippen LogP contribution in [0.1, 0.15) is 46.9 Å². The van der Waals surface area contributed by atoms with E-state index in [0.717, 1.165) is 30.9 Å². The predicted octanol–water partition coefficient (Wildman–Crippen LogP) is 3.94. The number of aryl methyl sites for hydroxylation is 2. The van der Waals surface area contributed by atoms with Gasteiger partial charge in [0.05, 0.1) is 5.51 Å². The van der Waals surface area contributed by atoms with Gasteiger partial charge in [-0.2, -0.15) is 0 Å². The molecule has 2 heterocycles. The SMILES string of the molecule is CCCNC(Cc1cncs1)c1c(C)oc(C)c1C. The molecule has 0 amide bonds. The van der Waals surface area contributed by atoms with Gasteiger partial charge in [0.1, 0.15) is 11.5 Å². The average Bonchev–Trinajstić information content (AvgIpc) is 2.95. The molecule has 2 aromatic rings. The molecule has 1 unspecified atom stereocenters. The lowest BCUT2D eigenvalue weighted by Crippen LogP contribution is -2.24. The maximum absolute atomic E-state index is 5.77. The molecule has 1 N–H and O–H groups in total. The number of thiazole rings is 1. The molecule has 104 valence electrons. The van der Waals surface area contributed by atoms with Gasteiger partial charge in [-0.05, 0) is 39.3 Å². The number of nitrogens with zero attached hydrogens (tertiary/aromatic N) is 1. The lowest BCUT2D eigenvalue weighted by Gasteiger charge is -2.18. The highest BCUT2D eigenvalue weighted by atomic mass is 32.1. The van der Waals surface area contributed by atoms with E-state index in [1.807, 2.05) is 18.6 Å². The quantitative estimate of drug-likeness (QED) is 0.869. The largest absolute Gasteiger partial charge is 0.466 e. The van der Waals surface area contributed by atoms with E-state index in [1.165, 1.54) is 16.0 Å². The summed E-state index contributed by atoms with van der Waals surface area (Å²) in [6.07, 6.45) is 4.07. The monoisotopic (exact) mass is 278 g/mol. The molecule has 2 rings (SSSR count). The summed E-state index contributed by atoms with van der Waals surface area (Å²) < 4.78 is 5.77. The van der Waals surface area contributed by atoms with Crippen LogP contribution < -0.4 is 5.32 Å². The minimum Gasteiger partial charge on any atom is -0.466 e. The standard InChI is InChI=1S/C15H22N2OS/c1-5-6-17-14(7-13-8-16-9-19-13)15-10(2)11(3)18-12(15)4/h8-9,14,17H,5-7H2,1-4H3. The Bertz CT molecular complexity index is 516. The molecule has 3 nitrogen and oxygen atoms in total. The minimum absolute atomic E-state index is 0.317. The number of furan rings is 1. The molecule has 19 heavy (non-hydrogen) atoms. The minimum atomic E-state index is 0.317. The number of hydrogen-bond donors (Lipinski definition) is 1. The second kappa shape index (κ2) is 6.35. The topological polar surface area (TPSA) is 38.1 Å². The van der Waals surface area contributed by atoms with E-state index < -0.39 is 0 Å². The summed E-state index contributed by atoms with van der Waals surface area (Å²) in [6.45, 7) is 9.45. The van der Waals surface area contributed by atoms with Gasteiger partial charge in [-0.15, -0.1) is 11.3 Å². The van der Waals surface area contributed by atoms with Gasteiger partial charge in [0.15, 0.2) is 0 Å². The van der Waals surface area contributed by atoms with Gasteiger partial charge in [0.25, 0.3) is 0 Å². The van der Waals surface area contributed by atoms with Crippen LogP contribution in [0.25, 0.3) is 0 Å². The van der Waals surface area contributed by atoms with Gasteiger partial charge >= 0.3 is 0 Å². The Morgan fingerprint density at radius 3 is 2.63 bits per heavy atom. The number of aromatic nitrogens is 1. The number of rotatable bonds is 6. The molecule has 0 saturated heterocycles. The van der Waals surface area contributed by atoms with E-state index in [0.29, 0.717) is 6.04 Å². The molecule has 0 fully saturated rings. The van der Waals surface area contributed by atoms with Crippen molar-refractivity contribution in [3.05, 3.63) is 39.2 Å². The third-order valence-corrected chi connectivity index (χ3v) is 4.30.